The standard InChI is InChI=1S/C14H20N2O/c1-15-10-4-2-3-9-14(17)13-7-5-11-16-12-6-8-13/h5-8,11-12,15H,2-4,9-10H2,1H3. The van der Waals surface area contributed by atoms with Gasteiger partial charge in [-0.15, -0.1) is 0 Å². The fourth-order valence-electron chi connectivity index (χ4n) is 1.59. The summed E-state index contributed by atoms with van der Waals surface area (Å²) >= 11 is 0. The average molecular weight is 232 g/mol. The second-order valence-corrected chi connectivity index (χ2v) is 3.96. The van der Waals surface area contributed by atoms with Crippen molar-refractivity contribution in [3.05, 3.63) is 36.1 Å². The van der Waals surface area contributed by atoms with Crippen molar-refractivity contribution in [1.29, 1.82) is 0 Å². The van der Waals surface area contributed by atoms with Gasteiger partial charge in [0, 0.05) is 24.4 Å². The predicted octanol–water partition coefficient (Wildman–Crippen LogP) is 2.42. The van der Waals surface area contributed by atoms with Crippen LogP contribution in [0.1, 0.15) is 25.7 Å². The highest BCUT2D eigenvalue weighted by Crippen LogP contribution is 2.08. The summed E-state index contributed by atoms with van der Waals surface area (Å²) in [6, 6.07) is 0. The van der Waals surface area contributed by atoms with Crippen molar-refractivity contribution in [3.8, 4) is 0 Å². The van der Waals surface area contributed by atoms with Crippen LogP contribution >= 0.6 is 0 Å². The van der Waals surface area contributed by atoms with Crippen LogP contribution in [-0.2, 0) is 4.79 Å². The molecule has 0 spiro atoms. The first-order valence-corrected chi connectivity index (χ1v) is 6.09. The third-order valence-electron chi connectivity index (χ3n) is 2.55. The summed E-state index contributed by atoms with van der Waals surface area (Å²) in [6.45, 7) is 1.02. The van der Waals surface area contributed by atoms with Crippen LogP contribution in [0, 0.1) is 0 Å². The highest BCUT2D eigenvalue weighted by molar-refractivity contribution is 5.99. The zero-order valence-corrected chi connectivity index (χ0v) is 10.4. The number of unbranched alkanes of at least 4 members (excludes halogenated alkanes) is 2. The van der Waals surface area contributed by atoms with Crippen molar-refractivity contribution < 1.29 is 4.79 Å². The monoisotopic (exact) mass is 232 g/mol. The van der Waals surface area contributed by atoms with Gasteiger partial charge >= 0.3 is 0 Å². The van der Waals surface area contributed by atoms with Crippen molar-refractivity contribution in [1.82, 2.24) is 5.32 Å². The van der Waals surface area contributed by atoms with E-state index in [1.165, 1.54) is 0 Å². The van der Waals surface area contributed by atoms with E-state index in [-0.39, 0.29) is 5.78 Å². The molecule has 0 saturated carbocycles. The fraction of sp³-hybridized carbons (Fsp3) is 0.429. The number of nitrogens with one attached hydrogen (secondary N) is 1. The minimum atomic E-state index is 0.214. The first-order chi connectivity index (χ1) is 8.34. The Morgan fingerprint density at radius 1 is 1.29 bits per heavy atom. The molecule has 0 amide bonds. The fourth-order valence-corrected chi connectivity index (χ4v) is 1.59. The minimum Gasteiger partial charge on any atom is -0.320 e. The molecule has 1 heterocycles. The van der Waals surface area contributed by atoms with E-state index in [4.69, 9.17) is 0 Å². The summed E-state index contributed by atoms with van der Waals surface area (Å²) in [5.74, 6) is 0.214. The van der Waals surface area contributed by atoms with Crippen molar-refractivity contribution in [2.24, 2.45) is 4.99 Å². The molecule has 0 unspecified atom stereocenters. The molecule has 0 atom stereocenters. The molecule has 17 heavy (non-hydrogen) atoms. The number of hydrogen-bond donors (Lipinski definition) is 1. The summed E-state index contributed by atoms with van der Waals surface area (Å²) in [5.41, 5.74) is 0.765. The Kier molecular flexibility index (Phi) is 6.91. The van der Waals surface area contributed by atoms with Crippen LogP contribution in [0.3, 0.4) is 0 Å². The van der Waals surface area contributed by atoms with Crippen molar-refractivity contribution in [2.75, 3.05) is 13.6 Å². The maximum absolute atomic E-state index is 11.9. The lowest BCUT2D eigenvalue weighted by atomic mass is 10.0. The Labute approximate surface area is 103 Å². The molecule has 1 rings (SSSR count). The molecule has 0 aromatic heterocycles. The van der Waals surface area contributed by atoms with Crippen LogP contribution in [0.2, 0.25) is 0 Å². The smallest absolute Gasteiger partial charge is 0.162 e. The molecule has 0 aromatic rings. The van der Waals surface area contributed by atoms with Gasteiger partial charge in [0.05, 0.1) is 0 Å². The first kappa shape index (κ1) is 13.6. The van der Waals surface area contributed by atoms with Gasteiger partial charge in [-0.05, 0) is 50.7 Å². The van der Waals surface area contributed by atoms with Crippen LogP contribution in [0.4, 0.5) is 0 Å². The van der Waals surface area contributed by atoms with Gasteiger partial charge in [0.15, 0.2) is 5.78 Å². The van der Waals surface area contributed by atoms with Crippen LogP contribution in [-0.4, -0.2) is 25.6 Å². The molecule has 0 saturated heterocycles. The third kappa shape index (κ3) is 5.97. The van der Waals surface area contributed by atoms with E-state index in [0.29, 0.717) is 6.42 Å². The molecule has 0 bridgehead atoms. The normalized spacial score (nSPS) is 14.3. The molecule has 1 N–H and O–H groups in total. The number of Topliss-reactive ketones (excluding diaryl/α,β-unsaturated/α-hetero) is 1. The molecular weight excluding hydrogens is 212 g/mol. The van der Waals surface area contributed by atoms with E-state index in [1.807, 2.05) is 19.2 Å². The summed E-state index contributed by atoms with van der Waals surface area (Å²) in [6.07, 6.45) is 14.4. The number of hydrogen-bond acceptors (Lipinski definition) is 3. The van der Waals surface area contributed by atoms with Gasteiger partial charge in [-0.2, -0.15) is 0 Å². The van der Waals surface area contributed by atoms with E-state index in [1.54, 1.807) is 24.6 Å². The lowest BCUT2D eigenvalue weighted by Crippen LogP contribution is -2.07. The summed E-state index contributed by atoms with van der Waals surface area (Å²) in [4.78, 5) is 15.8. The number of ketones is 1. The maximum atomic E-state index is 11.9. The zero-order valence-electron chi connectivity index (χ0n) is 10.4. The number of carbonyl (C=O) groups excluding carboxylic acids is 1. The van der Waals surface area contributed by atoms with Crippen LogP contribution < -0.4 is 5.32 Å². The van der Waals surface area contributed by atoms with Gasteiger partial charge in [0.25, 0.3) is 0 Å². The van der Waals surface area contributed by atoms with E-state index >= 15 is 0 Å². The topological polar surface area (TPSA) is 41.5 Å². The van der Waals surface area contributed by atoms with Crippen LogP contribution in [0.25, 0.3) is 0 Å². The molecule has 92 valence electrons. The number of rotatable bonds is 7. The second kappa shape index (κ2) is 8.65. The lowest BCUT2D eigenvalue weighted by Gasteiger charge is -2.02. The number of aliphatic imine (C=N–C) groups is 1. The molecule has 0 radical (unpaired) electrons. The van der Waals surface area contributed by atoms with E-state index in [0.717, 1.165) is 31.4 Å². The molecule has 0 fully saturated rings. The SMILES string of the molecule is CNCCCCCC(=O)C1=CC=CN=CC=C1. The highest BCUT2D eigenvalue weighted by Gasteiger charge is 2.05. The van der Waals surface area contributed by atoms with Crippen LogP contribution in [0.15, 0.2) is 41.1 Å². The average Bonchev–Trinajstić information content (AvgIpc) is 2.28. The quantitative estimate of drug-likeness (QED) is 0.685. The third-order valence-corrected chi connectivity index (χ3v) is 2.55. The maximum Gasteiger partial charge on any atom is 0.162 e. The molecule has 0 aliphatic carbocycles. The van der Waals surface area contributed by atoms with E-state index in [2.05, 4.69) is 10.3 Å². The minimum absolute atomic E-state index is 0.214. The Bertz CT molecular complexity index is 351. The van der Waals surface area contributed by atoms with Gasteiger partial charge in [-0.25, -0.2) is 0 Å². The first-order valence-electron chi connectivity index (χ1n) is 6.09. The van der Waals surface area contributed by atoms with Gasteiger partial charge < -0.3 is 5.32 Å². The Hall–Kier alpha value is -1.48. The number of nitrogens with zero attached hydrogens (tertiary/aromatic N) is 1. The van der Waals surface area contributed by atoms with E-state index in [9.17, 15) is 4.79 Å². The Balaban J connectivity index is 2.31. The Morgan fingerprint density at radius 3 is 3.00 bits per heavy atom. The summed E-state index contributed by atoms with van der Waals surface area (Å²) in [7, 11) is 1.95. The van der Waals surface area contributed by atoms with Gasteiger partial charge in [0.2, 0.25) is 0 Å². The largest absolute Gasteiger partial charge is 0.320 e. The van der Waals surface area contributed by atoms with Crippen LogP contribution in [0.5, 0.6) is 0 Å². The Morgan fingerprint density at radius 2 is 2.18 bits per heavy atom. The van der Waals surface area contributed by atoms with Crippen molar-refractivity contribution >= 4 is 12.0 Å². The molecule has 3 heteroatoms. The highest BCUT2D eigenvalue weighted by atomic mass is 16.1. The van der Waals surface area contributed by atoms with Gasteiger partial charge in [-0.3, -0.25) is 9.79 Å². The summed E-state index contributed by atoms with van der Waals surface area (Å²) in [5, 5.41) is 3.10. The molecule has 1 aliphatic rings. The molecule has 1 aliphatic heterocycles. The number of carbonyl (C=O) groups is 1. The molecule has 3 nitrogen and oxygen atoms in total. The molecule has 0 aromatic carbocycles. The molecular formula is C14H20N2O. The van der Waals surface area contributed by atoms with Crippen molar-refractivity contribution in [2.45, 2.75) is 25.7 Å². The zero-order chi connectivity index (χ0) is 12.3. The lowest BCUT2D eigenvalue weighted by molar-refractivity contribution is -0.115. The van der Waals surface area contributed by atoms with Gasteiger partial charge in [-0.1, -0.05) is 6.42 Å². The second-order valence-electron chi connectivity index (χ2n) is 3.96. The predicted molar refractivity (Wildman–Crippen MR) is 72.3 cm³/mol. The van der Waals surface area contributed by atoms with Gasteiger partial charge in [0.1, 0.15) is 0 Å². The number of allylic oxidation sites excluding steroid dienone is 5. The van der Waals surface area contributed by atoms with E-state index < -0.39 is 0 Å². The van der Waals surface area contributed by atoms with Crippen molar-refractivity contribution in [3.63, 3.8) is 0 Å². The summed E-state index contributed by atoms with van der Waals surface area (Å²) < 4.78 is 0.